The molecular weight excluding hydrogens is 410 g/mol. The Morgan fingerprint density at radius 3 is 2.35 bits per heavy atom. The van der Waals surface area contributed by atoms with Gasteiger partial charge in [-0.3, -0.25) is 0 Å². The summed E-state index contributed by atoms with van der Waals surface area (Å²) in [7, 11) is 1.64. The Morgan fingerprint density at radius 1 is 0.968 bits per heavy atom. The first kappa shape index (κ1) is 20.5. The van der Waals surface area contributed by atoms with Crippen LogP contribution in [-0.2, 0) is 6.54 Å². The molecule has 6 nitrogen and oxygen atoms in total. The average Bonchev–Trinajstić information content (AvgIpc) is 3.31. The van der Waals surface area contributed by atoms with E-state index in [2.05, 4.69) is 31.9 Å². The second kappa shape index (κ2) is 9.80. The molecule has 4 rings (SSSR count). The monoisotopic (exact) mass is 430 g/mol. The summed E-state index contributed by atoms with van der Waals surface area (Å²) >= 11 is 4.60. The van der Waals surface area contributed by atoms with Gasteiger partial charge in [0.05, 0.1) is 24.2 Å². The lowest BCUT2D eigenvalue weighted by molar-refractivity contribution is -0.697. The third-order valence-corrected chi connectivity index (χ3v) is 4.74. The van der Waals surface area contributed by atoms with Gasteiger partial charge in [-0.05, 0) is 60.7 Å². The first-order valence-electron chi connectivity index (χ1n) is 9.65. The van der Waals surface area contributed by atoms with Gasteiger partial charge >= 0.3 is 0 Å². The van der Waals surface area contributed by atoms with Gasteiger partial charge < -0.3 is 13.9 Å². The minimum atomic E-state index is 0.545. The van der Waals surface area contributed by atoms with Crippen LogP contribution in [0.3, 0.4) is 0 Å². The molecule has 0 radical (unpaired) electrons. The van der Waals surface area contributed by atoms with Crippen molar-refractivity contribution in [3.05, 3.63) is 79.3 Å². The van der Waals surface area contributed by atoms with Crippen molar-refractivity contribution in [2.24, 2.45) is 4.99 Å². The summed E-state index contributed by atoms with van der Waals surface area (Å²) in [6.07, 6.45) is 5.72. The number of rotatable bonds is 8. The fourth-order valence-electron chi connectivity index (χ4n) is 2.98. The minimum Gasteiger partial charge on any atom is -0.497 e. The molecule has 154 valence electrons. The highest BCUT2D eigenvalue weighted by Crippen LogP contribution is 2.26. The topological polar surface area (TPSA) is 60.7 Å². The van der Waals surface area contributed by atoms with Crippen molar-refractivity contribution in [2.45, 2.75) is 6.54 Å². The van der Waals surface area contributed by atoms with Crippen molar-refractivity contribution in [1.29, 1.82) is 0 Å². The molecule has 0 amide bonds. The molecule has 0 saturated carbocycles. The number of hydrogen-bond acceptors (Lipinski definition) is 6. The zero-order valence-corrected chi connectivity index (χ0v) is 17.7. The zero-order valence-electron chi connectivity index (χ0n) is 16.9. The van der Waals surface area contributed by atoms with Crippen molar-refractivity contribution in [3.8, 4) is 34.3 Å². The Balaban J connectivity index is 1.34. The normalized spacial score (nSPS) is 10.4. The van der Waals surface area contributed by atoms with Crippen molar-refractivity contribution < 1.29 is 18.5 Å². The van der Waals surface area contributed by atoms with Crippen LogP contribution >= 0.6 is 12.2 Å². The number of ether oxygens (including phenoxy) is 2. The summed E-state index contributed by atoms with van der Waals surface area (Å²) in [5.41, 5.74) is 2.62. The average molecular weight is 431 g/mol. The van der Waals surface area contributed by atoms with Crippen molar-refractivity contribution in [1.82, 2.24) is 4.98 Å². The molecule has 0 aliphatic heterocycles. The van der Waals surface area contributed by atoms with E-state index in [0.717, 1.165) is 28.3 Å². The molecule has 0 atom stereocenters. The van der Waals surface area contributed by atoms with Crippen LogP contribution in [0.15, 0.2) is 88.7 Å². The van der Waals surface area contributed by atoms with Gasteiger partial charge in [0, 0.05) is 23.3 Å². The summed E-state index contributed by atoms with van der Waals surface area (Å²) in [4.78, 5) is 8.31. The molecule has 0 unspecified atom stereocenters. The van der Waals surface area contributed by atoms with Crippen LogP contribution in [0.5, 0.6) is 11.5 Å². The molecule has 4 aromatic rings. The lowest BCUT2D eigenvalue weighted by Crippen LogP contribution is -2.35. The predicted molar refractivity (Wildman–Crippen MR) is 121 cm³/mol. The predicted octanol–water partition coefficient (Wildman–Crippen LogP) is 5.12. The molecule has 2 aromatic carbocycles. The Hall–Kier alpha value is -3.80. The molecule has 2 heterocycles. The maximum atomic E-state index is 5.93. The SMILES string of the molecule is COc1ccc(-c2ncc(-c3cc[n+](CCOc4ccc(N=C=S)cc4)cc3)o2)cc1. The van der Waals surface area contributed by atoms with Crippen molar-refractivity contribution in [3.63, 3.8) is 0 Å². The van der Waals surface area contributed by atoms with Crippen LogP contribution in [0.25, 0.3) is 22.8 Å². The molecule has 0 N–H and O–H groups in total. The van der Waals surface area contributed by atoms with Crippen LogP contribution < -0.4 is 14.0 Å². The van der Waals surface area contributed by atoms with Crippen molar-refractivity contribution in [2.75, 3.05) is 13.7 Å². The van der Waals surface area contributed by atoms with E-state index in [-0.39, 0.29) is 0 Å². The second-order valence-corrected chi connectivity index (χ2v) is 6.81. The smallest absolute Gasteiger partial charge is 0.226 e. The van der Waals surface area contributed by atoms with Gasteiger partial charge in [0.15, 0.2) is 24.7 Å². The lowest BCUT2D eigenvalue weighted by atomic mass is 10.2. The molecule has 0 fully saturated rings. The quantitative estimate of drug-likeness (QED) is 0.221. The maximum absolute atomic E-state index is 5.93. The van der Waals surface area contributed by atoms with E-state index in [1.807, 2.05) is 73.1 Å². The van der Waals surface area contributed by atoms with E-state index in [4.69, 9.17) is 13.9 Å². The van der Waals surface area contributed by atoms with Gasteiger partial charge in [-0.15, -0.1) is 0 Å². The van der Waals surface area contributed by atoms with Gasteiger partial charge in [0.2, 0.25) is 5.89 Å². The summed E-state index contributed by atoms with van der Waals surface area (Å²) < 4.78 is 18.9. The lowest BCUT2D eigenvalue weighted by Gasteiger charge is -2.04. The van der Waals surface area contributed by atoms with E-state index < -0.39 is 0 Å². The highest BCUT2D eigenvalue weighted by molar-refractivity contribution is 7.78. The number of benzene rings is 2. The Morgan fingerprint density at radius 2 is 1.68 bits per heavy atom. The number of thiocarbonyl (C=S) groups is 1. The van der Waals surface area contributed by atoms with E-state index >= 15 is 0 Å². The van der Waals surface area contributed by atoms with Gasteiger partial charge in [-0.25, -0.2) is 9.55 Å². The zero-order chi connectivity index (χ0) is 21.5. The Bertz CT molecular complexity index is 1180. The minimum absolute atomic E-state index is 0.545. The molecule has 0 saturated heterocycles. The molecular formula is C24H20N3O3S+. The van der Waals surface area contributed by atoms with E-state index in [1.54, 1.807) is 13.3 Å². The van der Waals surface area contributed by atoms with E-state index in [9.17, 15) is 0 Å². The fraction of sp³-hybridized carbons (Fsp3) is 0.125. The van der Waals surface area contributed by atoms with Crippen LogP contribution in [0.1, 0.15) is 0 Å². The molecule has 31 heavy (non-hydrogen) atoms. The first-order valence-corrected chi connectivity index (χ1v) is 10.1. The van der Waals surface area contributed by atoms with E-state index in [1.165, 1.54) is 0 Å². The highest BCUT2D eigenvalue weighted by atomic mass is 32.1. The van der Waals surface area contributed by atoms with Gasteiger partial charge in [-0.1, -0.05) is 0 Å². The number of aliphatic imine (C=N–C) groups is 1. The van der Waals surface area contributed by atoms with Gasteiger partial charge in [0.25, 0.3) is 0 Å². The number of isothiocyanates is 1. The van der Waals surface area contributed by atoms with Crippen LogP contribution in [0, 0.1) is 0 Å². The second-order valence-electron chi connectivity index (χ2n) is 6.63. The van der Waals surface area contributed by atoms with Crippen LogP contribution in [0.4, 0.5) is 5.69 Å². The third-order valence-electron chi connectivity index (χ3n) is 4.65. The van der Waals surface area contributed by atoms with Crippen LogP contribution in [0.2, 0.25) is 0 Å². The molecule has 0 aliphatic carbocycles. The maximum Gasteiger partial charge on any atom is 0.226 e. The number of hydrogen-bond donors (Lipinski definition) is 0. The fourth-order valence-corrected chi connectivity index (χ4v) is 3.09. The van der Waals surface area contributed by atoms with Gasteiger partial charge in [0.1, 0.15) is 18.1 Å². The summed E-state index contributed by atoms with van der Waals surface area (Å²) in [5.74, 6) is 2.87. The Kier molecular flexibility index (Phi) is 6.47. The number of oxazole rings is 1. The summed E-state index contributed by atoms with van der Waals surface area (Å²) in [6, 6.07) is 19.0. The first-order chi connectivity index (χ1) is 15.2. The standard InChI is InChI=1S/C24H20N3O3S/c1-28-21-6-2-19(3-7-21)24-25-16-23(30-24)18-10-12-27(13-11-18)14-15-29-22-8-4-20(5-9-22)26-17-31/h2-13,16H,14-15H2,1H3/q+1. The number of pyridine rings is 1. The summed E-state index contributed by atoms with van der Waals surface area (Å²) in [6.45, 7) is 1.26. The van der Waals surface area contributed by atoms with Gasteiger partial charge in [-0.2, -0.15) is 4.99 Å². The summed E-state index contributed by atoms with van der Waals surface area (Å²) in [5, 5.41) is 2.35. The molecule has 0 spiro atoms. The van der Waals surface area contributed by atoms with Crippen LogP contribution in [-0.4, -0.2) is 23.9 Å². The van der Waals surface area contributed by atoms with E-state index in [0.29, 0.717) is 24.8 Å². The third kappa shape index (κ3) is 5.22. The number of methoxy groups -OCH3 is 1. The largest absolute Gasteiger partial charge is 0.497 e. The number of nitrogens with zero attached hydrogens (tertiary/aromatic N) is 3. The molecule has 0 aliphatic rings. The molecule has 2 aromatic heterocycles. The highest BCUT2D eigenvalue weighted by Gasteiger charge is 2.10. The van der Waals surface area contributed by atoms with Crippen molar-refractivity contribution >= 4 is 23.1 Å². The number of aromatic nitrogens is 2. The Labute approximate surface area is 185 Å². The molecule has 7 heteroatoms. The molecule has 0 bridgehead atoms.